The maximum atomic E-state index is 5.81. The van der Waals surface area contributed by atoms with Gasteiger partial charge in [-0.15, -0.1) is 10.2 Å². The lowest BCUT2D eigenvalue weighted by Crippen LogP contribution is -2.05. The second kappa shape index (κ2) is 4.45. The summed E-state index contributed by atoms with van der Waals surface area (Å²) in [7, 11) is 1.92. The van der Waals surface area contributed by atoms with Crippen molar-refractivity contribution in [3.05, 3.63) is 35.4 Å². The van der Waals surface area contributed by atoms with E-state index in [0.29, 0.717) is 6.61 Å². The molecule has 5 heteroatoms. The average molecular weight is 232 g/mol. The van der Waals surface area contributed by atoms with Crippen molar-refractivity contribution < 1.29 is 4.74 Å². The van der Waals surface area contributed by atoms with Gasteiger partial charge in [-0.05, 0) is 26.0 Å². The number of rotatable bonds is 3. The van der Waals surface area contributed by atoms with Crippen LogP contribution in [0.3, 0.4) is 0 Å². The van der Waals surface area contributed by atoms with Crippen molar-refractivity contribution in [2.45, 2.75) is 20.5 Å². The summed E-state index contributed by atoms with van der Waals surface area (Å²) >= 11 is 0. The third-order valence-corrected chi connectivity index (χ3v) is 2.87. The van der Waals surface area contributed by atoms with Crippen LogP contribution in [0.1, 0.15) is 17.2 Å². The van der Waals surface area contributed by atoms with Crippen LogP contribution in [0.2, 0.25) is 0 Å². The number of anilines is 1. The Morgan fingerprint density at radius 3 is 2.71 bits per heavy atom. The maximum Gasteiger partial charge on any atom is 0.170 e. The molecule has 0 aliphatic rings. The highest BCUT2D eigenvalue weighted by Crippen LogP contribution is 2.23. The summed E-state index contributed by atoms with van der Waals surface area (Å²) in [6, 6.07) is 5.63. The van der Waals surface area contributed by atoms with Crippen molar-refractivity contribution in [2.75, 3.05) is 5.73 Å². The zero-order valence-electron chi connectivity index (χ0n) is 10.3. The molecular formula is C12H16N4O. The number of hydrogen-bond donors (Lipinski definition) is 1. The van der Waals surface area contributed by atoms with E-state index in [1.165, 1.54) is 0 Å². The van der Waals surface area contributed by atoms with Crippen LogP contribution in [0.25, 0.3) is 0 Å². The second-order valence-corrected chi connectivity index (χ2v) is 3.98. The van der Waals surface area contributed by atoms with Crippen LogP contribution in [0.4, 0.5) is 5.69 Å². The fraction of sp³-hybridized carbons (Fsp3) is 0.333. The predicted molar refractivity (Wildman–Crippen MR) is 65.7 cm³/mol. The molecule has 1 aromatic carbocycles. The highest BCUT2D eigenvalue weighted by Gasteiger charge is 2.07. The predicted octanol–water partition coefficient (Wildman–Crippen LogP) is 1.59. The van der Waals surface area contributed by atoms with Gasteiger partial charge in [0.2, 0.25) is 0 Å². The molecule has 0 aliphatic carbocycles. The van der Waals surface area contributed by atoms with Gasteiger partial charge >= 0.3 is 0 Å². The number of aryl methyl sites for hydroxylation is 1. The zero-order valence-corrected chi connectivity index (χ0v) is 10.3. The number of ether oxygens (including phenoxy) is 1. The van der Waals surface area contributed by atoms with Gasteiger partial charge in [-0.3, -0.25) is 0 Å². The SMILES string of the molecule is Cc1c(N)cccc1OCc1nnc(C)n1C. The Labute approximate surface area is 100 Å². The highest BCUT2D eigenvalue weighted by molar-refractivity contribution is 5.53. The Balaban J connectivity index is 2.13. The van der Waals surface area contributed by atoms with E-state index in [4.69, 9.17) is 10.5 Å². The molecule has 1 aromatic heterocycles. The van der Waals surface area contributed by atoms with E-state index < -0.39 is 0 Å². The summed E-state index contributed by atoms with van der Waals surface area (Å²) < 4.78 is 7.60. The van der Waals surface area contributed by atoms with E-state index in [1.807, 2.05) is 43.7 Å². The maximum absolute atomic E-state index is 5.81. The molecule has 0 spiro atoms. The monoisotopic (exact) mass is 232 g/mol. The van der Waals surface area contributed by atoms with E-state index in [-0.39, 0.29) is 0 Å². The third kappa shape index (κ3) is 2.22. The molecule has 1 heterocycles. The molecule has 90 valence electrons. The average Bonchev–Trinajstić information content (AvgIpc) is 2.62. The van der Waals surface area contributed by atoms with Crippen molar-refractivity contribution in [1.29, 1.82) is 0 Å². The summed E-state index contributed by atoms with van der Waals surface area (Å²) in [6.07, 6.45) is 0. The Kier molecular flexibility index (Phi) is 2.99. The highest BCUT2D eigenvalue weighted by atomic mass is 16.5. The molecule has 0 saturated carbocycles. The van der Waals surface area contributed by atoms with Gasteiger partial charge in [-0.25, -0.2) is 0 Å². The second-order valence-electron chi connectivity index (χ2n) is 3.98. The number of nitrogens with two attached hydrogens (primary N) is 1. The van der Waals surface area contributed by atoms with Crippen LogP contribution in [0, 0.1) is 13.8 Å². The lowest BCUT2D eigenvalue weighted by atomic mass is 10.2. The first-order valence-corrected chi connectivity index (χ1v) is 5.42. The Morgan fingerprint density at radius 2 is 2.06 bits per heavy atom. The first-order chi connectivity index (χ1) is 8.09. The van der Waals surface area contributed by atoms with Crippen molar-refractivity contribution in [2.24, 2.45) is 7.05 Å². The van der Waals surface area contributed by atoms with Crippen LogP contribution in [0.5, 0.6) is 5.75 Å². The molecule has 2 rings (SSSR count). The van der Waals surface area contributed by atoms with Crippen LogP contribution >= 0.6 is 0 Å². The number of hydrogen-bond acceptors (Lipinski definition) is 4. The lowest BCUT2D eigenvalue weighted by molar-refractivity contribution is 0.289. The number of nitrogens with zero attached hydrogens (tertiary/aromatic N) is 3. The molecule has 0 saturated heterocycles. The minimum atomic E-state index is 0.391. The van der Waals surface area contributed by atoms with Crippen molar-refractivity contribution in [3.8, 4) is 5.75 Å². The quantitative estimate of drug-likeness (QED) is 0.816. The summed E-state index contributed by atoms with van der Waals surface area (Å²) in [5.74, 6) is 2.45. The van der Waals surface area contributed by atoms with Crippen molar-refractivity contribution >= 4 is 5.69 Å². The number of nitrogen functional groups attached to an aromatic ring is 1. The fourth-order valence-electron chi connectivity index (χ4n) is 1.51. The fourth-order valence-corrected chi connectivity index (χ4v) is 1.51. The van der Waals surface area contributed by atoms with Gasteiger partial charge in [-0.1, -0.05) is 6.07 Å². The van der Waals surface area contributed by atoms with Crippen LogP contribution in [-0.4, -0.2) is 14.8 Å². The summed E-state index contributed by atoms with van der Waals surface area (Å²) in [5, 5.41) is 8.02. The van der Waals surface area contributed by atoms with Crippen LogP contribution < -0.4 is 10.5 Å². The normalized spacial score (nSPS) is 10.5. The number of benzene rings is 1. The van der Waals surface area contributed by atoms with Gasteiger partial charge in [0.25, 0.3) is 0 Å². The molecule has 0 bridgehead atoms. The molecule has 0 atom stereocenters. The van der Waals surface area contributed by atoms with Crippen LogP contribution in [0.15, 0.2) is 18.2 Å². The van der Waals surface area contributed by atoms with Gasteiger partial charge in [0.15, 0.2) is 5.82 Å². The minimum Gasteiger partial charge on any atom is -0.485 e. The Hall–Kier alpha value is -2.04. The van der Waals surface area contributed by atoms with Crippen LogP contribution in [-0.2, 0) is 13.7 Å². The summed E-state index contributed by atoms with van der Waals surface area (Å²) in [5.41, 5.74) is 7.49. The van der Waals surface area contributed by atoms with Crippen molar-refractivity contribution in [1.82, 2.24) is 14.8 Å². The van der Waals surface area contributed by atoms with Gasteiger partial charge < -0.3 is 15.0 Å². The topological polar surface area (TPSA) is 66.0 Å². The standard InChI is InChI=1S/C12H16N4O/c1-8-10(13)5-4-6-11(8)17-7-12-15-14-9(2)16(12)3/h4-6H,7,13H2,1-3H3. The molecule has 17 heavy (non-hydrogen) atoms. The van der Waals surface area contributed by atoms with Gasteiger partial charge in [0.1, 0.15) is 18.2 Å². The first-order valence-electron chi connectivity index (χ1n) is 5.42. The summed E-state index contributed by atoms with van der Waals surface area (Å²) in [4.78, 5) is 0. The molecule has 0 radical (unpaired) electrons. The molecule has 2 N–H and O–H groups in total. The largest absolute Gasteiger partial charge is 0.485 e. The Bertz CT molecular complexity index is 533. The minimum absolute atomic E-state index is 0.391. The summed E-state index contributed by atoms with van der Waals surface area (Å²) in [6.45, 7) is 4.23. The van der Waals surface area contributed by atoms with Crippen molar-refractivity contribution in [3.63, 3.8) is 0 Å². The molecule has 0 unspecified atom stereocenters. The molecular weight excluding hydrogens is 216 g/mol. The van der Waals surface area contributed by atoms with Gasteiger partial charge in [0.05, 0.1) is 0 Å². The smallest absolute Gasteiger partial charge is 0.170 e. The first kappa shape index (κ1) is 11.4. The molecule has 0 fully saturated rings. The van der Waals surface area contributed by atoms with E-state index in [0.717, 1.165) is 28.6 Å². The van der Waals surface area contributed by atoms with E-state index in [1.54, 1.807) is 0 Å². The Morgan fingerprint density at radius 1 is 1.29 bits per heavy atom. The van der Waals surface area contributed by atoms with E-state index in [2.05, 4.69) is 10.2 Å². The van der Waals surface area contributed by atoms with Gasteiger partial charge in [0, 0.05) is 18.3 Å². The lowest BCUT2D eigenvalue weighted by Gasteiger charge is -2.10. The molecule has 0 amide bonds. The molecule has 0 aliphatic heterocycles. The molecule has 5 nitrogen and oxygen atoms in total. The van der Waals surface area contributed by atoms with Gasteiger partial charge in [-0.2, -0.15) is 0 Å². The molecule has 2 aromatic rings. The van der Waals surface area contributed by atoms with E-state index in [9.17, 15) is 0 Å². The van der Waals surface area contributed by atoms with E-state index >= 15 is 0 Å². The zero-order chi connectivity index (χ0) is 12.4. The number of aromatic nitrogens is 3. The third-order valence-electron chi connectivity index (χ3n) is 2.87.